The molecule has 0 aliphatic carbocycles. The molecule has 1 aromatic rings. The second kappa shape index (κ2) is 4.77. The summed E-state index contributed by atoms with van der Waals surface area (Å²) in [6.45, 7) is 14.0. The summed E-state index contributed by atoms with van der Waals surface area (Å²) < 4.78 is 0. The fourth-order valence-corrected chi connectivity index (χ4v) is 3.53. The summed E-state index contributed by atoms with van der Waals surface area (Å²) in [5, 5.41) is 3.44. The quantitative estimate of drug-likeness (QED) is 0.842. The van der Waals surface area contributed by atoms with Crippen molar-refractivity contribution in [2.45, 2.75) is 46.0 Å². The maximum absolute atomic E-state index is 3.44. The summed E-state index contributed by atoms with van der Waals surface area (Å²) in [5.74, 6) is 0. The van der Waals surface area contributed by atoms with Crippen LogP contribution in [0.3, 0.4) is 0 Å². The molecule has 0 radical (unpaired) electrons. The Bertz CT molecular complexity index is 485. The number of rotatable bonds is 1. The Labute approximate surface area is 123 Å². The van der Waals surface area contributed by atoms with Gasteiger partial charge in [0.25, 0.3) is 0 Å². The van der Waals surface area contributed by atoms with Gasteiger partial charge in [-0.1, -0.05) is 32.9 Å². The first-order chi connectivity index (χ1) is 9.40. The van der Waals surface area contributed by atoms with Crippen molar-refractivity contribution in [1.29, 1.82) is 0 Å². The first-order valence-corrected chi connectivity index (χ1v) is 7.97. The average Bonchev–Trinajstić information content (AvgIpc) is 2.36. The number of nitrogens with zero attached hydrogens (tertiary/aromatic N) is 1. The lowest BCUT2D eigenvalue weighted by atomic mass is 9.73. The minimum Gasteiger partial charge on any atom is -0.371 e. The van der Waals surface area contributed by atoms with Crippen LogP contribution in [0.5, 0.6) is 0 Å². The fraction of sp³-hybridized carbons (Fsp3) is 0.667. The monoisotopic (exact) mass is 272 g/mol. The summed E-state index contributed by atoms with van der Waals surface area (Å²) in [6, 6.07) is 7.04. The van der Waals surface area contributed by atoms with Crippen molar-refractivity contribution in [3.05, 3.63) is 29.3 Å². The molecule has 0 saturated carbocycles. The van der Waals surface area contributed by atoms with Crippen LogP contribution in [-0.4, -0.2) is 26.2 Å². The van der Waals surface area contributed by atoms with E-state index in [0.29, 0.717) is 5.41 Å². The maximum Gasteiger partial charge on any atom is 0.0396 e. The second-order valence-electron chi connectivity index (χ2n) is 7.84. The predicted octanol–water partition coefficient (Wildman–Crippen LogP) is 3.48. The Morgan fingerprint density at radius 1 is 1.10 bits per heavy atom. The van der Waals surface area contributed by atoms with E-state index in [-0.39, 0.29) is 5.41 Å². The van der Waals surface area contributed by atoms with Gasteiger partial charge in [0.1, 0.15) is 0 Å². The third kappa shape index (κ3) is 2.46. The molecule has 2 saturated heterocycles. The molecule has 0 unspecified atom stereocenters. The highest BCUT2D eigenvalue weighted by Gasteiger charge is 2.39. The summed E-state index contributed by atoms with van der Waals surface area (Å²) in [5.41, 5.74) is 5.19. The number of aryl methyl sites for hydroxylation is 1. The zero-order chi connectivity index (χ0) is 14.4. The highest BCUT2D eigenvalue weighted by atomic mass is 15.2. The molecular formula is C18H28N2. The van der Waals surface area contributed by atoms with Crippen molar-refractivity contribution < 1.29 is 0 Å². The van der Waals surface area contributed by atoms with Crippen LogP contribution in [0.15, 0.2) is 18.2 Å². The van der Waals surface area contributed by atoms with E-state index >= 15 is 0 Å². The molecule has 110 valence electrons. The number of anilines is 1. The maximum atomic E-state index is 3.44. The molecule has 2 nitrogen and oxygen atoms in total. The topological polar surface area (TPSA) is 15.3 Å². The lowest BCUT2D eigenvalue weighted by Crippen LogP contribution is -2.58. The summed E-state index contributed by atoms with van der Waals surface area (Å²) in [7, 11) is 0. The number of benzene rings is 1. The van der Waals surface area contributed by atoms with Gasteiger partial charge in [-0.2, -0.15) is 0 Å². The van der Waals surface area contributed by atoms with E-state index in [9.17, 15) is 0 Å². The first kappa shape index (κ1) is 13.9. The molecule has 0 amide bonds. The third-order valence-electron chi connectivity index (χ3n) is 5.23. The molecule has 2 fully saturated rings. The van der Waals surface area contributed by atoms with Crippen LogP contribution in [0, 0.1) is 12.3 Å². The van der Waals surface area contributed by atoms with Crippen LogP contribution in [0.1, 0.15) is 44.7 Å². The van der Waals surface area contributed by atoms with E-state index in [1.807, 2.05) is 0 Å². The first-order valence-electron chi connectivity index (χ1n) is 7.97. The van der Waals surface area contributed by atoms with Crippen molar-refractivity contribution in [3.8, 4) is 0 Å². The average molecular weight is 272 g/mol. The Morgan fingerprint density at radius 2 is 1.75 bits per heavy atom. The van der Waals surface area contributed by atoms with Gasteiger partial charge in [0.15, 0.2) is 0 Å². The Balaban J connectivity index is 1.75. The van der Waals surface area contributed by atoms with Gasteiger partial charge in [0, 0.05) is 31.9 Å². The number of hydrogen-bond acceptors (Lipinski definition) is 2. The second-order valence-corrected chi connectivity index (χ2v) is 7.84. The molecule has 20 heavy (non-hydrogen) atoms. The van der Waals surface area contributed by atoms with Gasteiger partial charge in [-0.05, 0) is 47.8 Å². The van der Waals surface area contributed by atoms with Crippen molar-refractivity contribution in [2.75, 3.05) is 31.1 Å². The molecule has 1 aromatic carbocycles. The van der Waals surface area contributed by atoms with Crippen molar-refractivity contribution >= 4 is 5.69 Å². The zero-order valence-electron chi connectivity index (χ0n) is 13.4. The minimum atomic E-state index is 0.243. The SMILES string of the molecule is Cc1cc(C(C)(C)C)ccc1N1CCC2(CC1)CNC2. The van der Waals surface area contributed by atoms with Gasteiger partial charge < -0.3 is 10.2 Å². The fourth-order valence-electron chi connectivity index (χ4n) is 3.53. The minimum absolute atomic E-state index is 0.243. The number of piperidine rings is 1. The standard InChI is InChI=1S/C18H28N2/c1-14-11-15(17(2,3)4)5-6-16(14)20-9-7-18(8-10-20)12-19-13-18/h5-6,11,19H,7-10,12-13H2,1-4H3. The normalized spacial score (nSPS) is 21.9. The molecule has 0 bridgehead atoms. The third-order valence-corrected chi connectivity index (χ3v) is 5.23. The number of hydrogen-bond donors (Lipinski definition) is 1. The summed E-state index contributed by atoms with van der Waals surface area (Å²) in [6.07, 6.45) is 2.70. The highest BCUT2D eigenvalue weighted by molar-refractivity contribution is 5.55. The van der Waals surface area contributed by atoms with Crippen LogP contribution in [0.4, 0.5) is 5.69 Å². The summed E-state index contributed by atoms with van der Waals surface area (Å²) in [4.78, 5) is 2.59. The molecule has 2 aliphatic rings. The van der Waals surface area contributed by atoms with Crippen LogP contribution >= 0.6 is 0 Å². The van der Waals surface area contributed by atoms with Gasteiger partial charge in [-0.25, -0.2) is 0 Å². The zero-order valence-corrected chi connectivity index (χ0v) is 13.4. The van der Waals surface area contributed by atoms with Crippen LogP contribution in [0.25, 0.3) is 0 Å². The van der Waals surface area contributed by atoms with E-state index in [4.69, 9.17) is 0 Å². The molecule has 2 heteroatoms. The highest BCUT2D eigenvalue weighted by Crippen LogP contribution is 2.37. The van der Waals surface area contributed by atoms with Crippen LogP contribution < -0.4 is 10.2 Å². The molecule has 0 atom stereocenters. The Morgan fingerprint density at radius 3 is 2.20 bits per heavy atom. The van der Waals surface area contributed by atoms with Crippen molar-refractivity contribution in [3.63, 3.8) is 0 Å². The molecule has 1 N–H and O–H groups in total. The predicted molar refractivity (Wildman–Crippen MR) is 86.6 cm³/mol. The van der Waals surface area contributed by atoms with E-state index in [2.05, 4.69) is 56.1 Å². The van der Waals surface area contributed by atoms with E-state index in [0.717, 1.165) is 0 Å². The van der Waals surface area contributed by atoms with Crippen LogP contribution in [-0.2, 0) is 5.41 Å². The van der Waals surface area contributed by atoms with E-state index in [1.165, 1.54) is 55.8 Å². The Kier molecular flexibility index (Phi) is 3.32. The van der Waals surface area contributed by atoms with Gasteiger partial charge in [-0.15, -0.1) is 0 Å². The largest absolute Gasteiger partial charge is 0.371 e. The molecule has 3 rings (SSSR count). The van der Waals surface area contributed by atoms with E-state index in [1.54, 1.807) is 0 Å². The lowest BCUT2D eigenvalue weighted by Gasteiger charge is -2.49. The lowest BCUT2D eigenvalue weighted by molar-refractivity contribution is 0.126. The van der Waals surface area contributed by atoms with Gasteiger partial charge in [0.2, 0.25) is 0 Å². The molecular weight excluding hydrogens is 244 g/mol. The van der Waals surface area contributed by atoms with Crippen LogP contribution in [0.2, 0.25) is 0 Å². The van der Waals surface area contributed by atoms with E-state index < -0.39 is 0 Å². The summed E-state index contributed by atoms with van der Waals surface area (Å²) >= 11 is 0. The molecule has 2 aliphatic heterocycles. The number of nitrogens with one attached hydrogen (secondary N) is 1. The van der Waals surface area contributed by atoms with Gasteiger partial charge in [0.05, 0.1) is 0 Å². The van der Waals surface area contributed by atoms with Crippen molar-refractivity contribution in [2.24, 2.45) is 5.41 Å². The Hall–Kier alpha value is -1.02. The smallest absolute Gasteiger partial charge is 0.0396 e. The van der Waals surface area contributed by atoms with Gasteiger partial charge >= 0.3 is 0 Å². The van der Waals surface area contributed by atoms with Gasteiger partial charge in [-0.3, -0.25) is 0 Å². The molecule has 2 heterocycles. The van der Waals surface area contributed by atoms with Crippen molar-refractivity contribution in [1.82, 2.24) is 5.32 Å². The molecule has 1 spiro atoms. The molecule has 0 aromatic heterocycles.